The summed E-state index contributed by atoms with van der Waals surface area (Å²) in [7, 11) is 0. The minimum absolute atomic E-state index is 0.151. The number of fused-ring (bicyclic) bond motifs is 9. The Morgan fingerprint density at radius 2 is 0.721 bits per heavy atom. The van der Waals surface area contributed by atoms with E-state index in [1.165, 1.54) is 100 Å². The highest BCUT2D eigenvalue weighted by molar-refractivity contribution is 6.06. The average Bonchev–Trinajstić information content (AvgIpc) is 3.91. The second kappa shape index (κ2) is 15.0. The predicted octanol–water partition coefficient (Wildman–Crippen LogP) is 17.5. The molecule has 0 radical (unpaired) electrons. The van der Waals surface area contributed by atoms with Crippen molar-refractivity contribution in [2.24, 2.45) is 0 Å². The van der Waals surface area contributed by atoms with Crippen molar-refractivity contribution in [1.29, 1.82) is 0 Å². The zero-order valence-corrected chi connectivity index (χ0v) is 39.0. The maximum Gasteiger partial charge on any atom is 0.0713 e. The van der Waals surface area contributed by atoms with E-state index in [1.807, 2.05) is 0 Å². The summed E-state index contributed by atoms with van der Waals surface area (Å²) in [5, 5.41) is 0. The number of benzene rings is 10. The van der Waals surface area contributed by atoms with Crippen molar-refractivity contribution in [2.45, 2.75) is 43.9 Å². The molecule has 0 bridgehead atoms. The van der Waals surface area contributed by atoms with Gasteiger partial charge in [-0.15, -0.1) is 0 Å². The summed E-state index contributed by atoms with van der Waals surface area (Å²) >= 11 is 0. The number of hydrogen-bond donors (Lipinski definition) is 0. The van der Waals surface area contributed by atoms with E-state index in [4.69, 9.17) is 0 Å². The predicted molar refractivity (Wildman–Crippen MR) is 284 cm³/mol. The van der Waals surface area contributed by atoms with Crippen LogP contribution in [0.2, 0.25) is 0 Å². The molecule has 0 saturated heterocycles. The van der Waals surface area contributed by atoms with Crippen LogP contribution in [0.5, 0.6) is 0 Å². The lowest BCUT2D eigenvalue weighted by Gasteiger charge is -2.35. The molecule has 13 rings (SSSR count). The monoisotopic (exact) mass is 869 g/mol. The van der Waals surface area contributed by atoms with E-state index in [2.05, 4.69) is 269 Å². The molecule has 324 valence electrons. The molecule has 10 aromatic carbocycles. The molecule has 10 aromatic rings. The van der Waals surface area contributed by atoms with Crippen LogP contribution >= 0.6 is 0 Å². The second-order valence-electron chi connectivity index (χ2n) is 20.0. The zero-order valence-electron chi connectivity index (χ0n) is 39.0. The first-order chi connectivity index (χ1) is 33.3. The fraction of sp³-hybridized carbons (Fsp3) is 0.104. The maximum absolute atomic E-state index is 2.61. The Kier molecular flexibility index (Phi) is 8.89. The Balaban J connectivity index is 1.13. The summed E-state index contributed by atoms with van der Waals surface area (Å²) < 4.78 is 0. The summed E-state index contributed by atoms with van der Waals surface area (Å²) in [5.41, 5.74) is 25.9. The minimum Gasteiger partial charge on any atom is -0.310 e. The van der Waals surface area contributed by atoms with Gasteiger partial charge in [-0.2, -0.15) is 0 Å². The largest absolute Gasteiger partial charge is 0.310 e. The normalized spacial score (nSPS) is 14.8. The van der Waals surface area contributed by atoms with Gasteiger partial charge in [0.05, 0.1) is 5.41 Å². The van der Waals surface area contributed by atoms with Crippen molar-refractivity contribution in [2.75, 3.05) is 4.90 Å². The van der Waals surface area contributed by atoms with E-state index in [0.717, 1.165) is 17.1 Å². The molecule has 0 saturated carbocycles. The van der Waals surface area contributed by atoms with Gasteiger partial charge < -0.3 is 4.90 Å². The molecule has 3 aliphatic rings. The van der Waals surface area contributed by atoms with Gasteiger partial charge in [0.15, 0.2) is 0 Å². The fourth-order valence-electron chi connectivity index (χ4n) is 12.5. The lowest BCUT2D eigenvalue weighted by molar-refractivity contribution is 0.656. The molecule has 68 heavy (non-hydrogen) atoms. The van der Waals surface area contributed by atoms with Gasteiger partial charge in [0.2, 0.25) is 0 Å². The maximum atomic E-state index is 2.61. The molecule has 1 heteroatoms. The third kappa shape index (κ3) is 5.69. The van der Waals surface area contributed by atoms with Crippen molar-refractivity contribution < 1.29 is 0 Å². The van der Waals surface area contributed by atoms with E-state index in [9.17, 15) is 0 Å². The van der Waals surface area contributed by atoms with Crippen LogP contribution < -0.4 is 4.90 Å². The van der Waals surface area contributed by atoms with Gasteiger partial charge in [0.1, 0.15) is 0 Å². The number of hydrogen-bond acceptors (Lipinski definition) is 1. The molecule has 0 aromatic heterocycles. The Bertz CT molecular complexity index is 3540. The Hall–Kier alpha value is -8.00. The molecule has 1 nitrogen and oxygen atoms in total. The highest BCUT2D eigenvalue weighted by Gasteiger charge is 2.50. The summed E-state index contributed by atoms with van der Waals surface area (Å²) in [6, 6.07) is 88.8. The Labute approximate surface area is 400 Å². The lowest BCUT2D eigenvalue weighted by atomic mass is 9.66. The summed E-state index contributed by atoms with van der Waals surface area (Å²) in [6.07, 6.45) is 0. The molecule has 0 amide bonds. The molecular weight excluding hydrogens is 819 g/mol. The van der Waals surface area contributed by atoms with Crippen LogP contribution in [0.3, 0.4) is 0 Å². The summed E-state index contributed by atoms with van der Waals surface area (Å²) in [6.45, 7) is 9.59. The van der Waals surface area contributed by atoms with Crippen LogP contribution in [0.1, 0.15) is 72.2 Å². The second-order valence-corrected chi connectivity index (χ2v) is 20.0. The van der Waals surface area contributed by atoms with Crippen LogP contribution in [-0.4, -0.2) is 0 Å². The molecule has 0 atom stereocenters. The van der Waals surface area contributed by atoms with E-state index in [1.54, 1.807) is 0 Å². The van der Waals surface area contributed by atoms with Crippen LogP contribution in [-0.2, 0) is 16.2 Å². The number of anilines is 3. The van der Waals surface area contributed by atoms with Crippen molar-refractivity contribution in [3.63, 3.8) is 0 Å². The van der Waals surface area contributed by atoms with Crippen molar-refractivity contribution in [1.82, 2.24) is 0 Å². The van der Waals surface area contributed by atoms with Crippen LogP contribution in [0, 0.1) is 0 Å². The third-order valence-electron chi connectivity index (χ3n) is 15.7. The quantitative estimate of drug-likeness (QED) is 0.154. The Morgan fingerprint density at radius 3 is 1.37 bits per heavy atom. The van der Waals surface area contributed by atoms with Gasteiger partial charge in [-0.3, -0.25) is 0 Å². The zero-order chi connectivity index (χ0) is 45.8. The van der Waals surface area contributed by atoms with Gasteiger partial charge in [0, 0.05) is 27.9 Å². The first-order valence-electron chi connectivity index (χ1n) is 24.1. The molecule has 0 heterocycles. The minimum atomic E-state index is -0.597. The fourth-order valence-corrected chi connectivity index (χ4v) is 12.5. The summed E-state index contributed by atoms with van der Waals surface area (Å²) in [5.74, 6) is 0. The molecule has 0 aliphatic heterocycles. The molecule has 0 fully saturated rings. The van der Waals surface area contributed by atoms with E-state index in [0.29, 0.717) is 0 Å². The standard InChI is InChI=1S/C67H51N/c1-65(2)56-31-19-17-29-52(56)53-39-37-51(42-59(53)65)68(49-35-33-45(34-36-49)44-21-9-5-10-22-44)50-38-40-58-55(41-50)64-61(67(58,47-25-13-7-14-26-47)48-27-15-8-16-28-48)43-60-63(62(64)46-23-11-6-12-24-46)54-30-18-20-32-57(54)66(60,3)4/h5-43H,1-4H3. The first-order valence-corrected chi connectivity index (χ1v) is 24.1. The highest BCUT2D eigenvalue weighted by Crippen LogP contribution is 2.64. The molecule has 0 N–H and O–H groups in total. The average molecular weight is 870 g/mol. The molecular formula is C67H51N. The highest BCUT2D eigenvalue weighted by atomic mass is 15.1. The smallest absolute Gasteiger partial charge is 0.0713 e. The lowest BCUT2D eigenvalue weighted by Crippen LogP contribution is -2.29. The van der Waals surface area contributed by atoms with E-state index < -0.39 is 5.41 Å². The van der Waals surface area contributed by atoms with Crippen LogP contribution in [0.4, 0.5) is 17.1 Å². The number of nitrogens with zero attached hydrogens (tertiary/aromatic N) is 1. The first kappa shape index (κ1) is 40.3. The molecule has 0 spiro atoms. The SMILES string of the molecule is CC1(C)c2ccccc2-c2ccc(N(c3ccc(-c4ccccc4)cc3)c3ccc4c(c3)-c3c(cc5c(c3-c3ccccc3)-c3ccccc3C5(C)C)C4(c3ccccc3)c3ccccc3)cc21. The third-order valence-corrected chi connectivity index (χ3v) is 15.7. The topological polar surface area (TPSA) is 3.24 Å². The molecule has 0 unspecified atom stereocenters. The summed E-state index contributed by atoms with van der Waals surface area (Å²) in [4.78, 5) is 2.49. The van der Waals surface area contributed by atoms with E-state index >= 15 is 0 Å². The van der Waals surface area contributed by atoms with Gasteiger partial charge in [-0.25, -0.2) is 0 Å². The van der Waals surface area contributed by atoms with Crippen molar-refractivity contribution in [3.8, 4) is 55.6 Å². The van der Waals surface area contributed by atoms with Gasteiger partial charge in [-0.1, -0.05) is 228 Å². The van der Waals surface area contributed by atoms with Gasteiger partial charge in [-0.05, 0) is 137 Å². The van der Waals surface area contributed by atoms with Gasteiger partial charge in [0.25, 0.3) is 0 Å². The van der Waals surface area contributed by atoms with Crippen molar-refractivity contribution in [3.05, 3.63) is 281 Å². The Morgan fingerprint density at radius 1 is 0.265 bits per heavy atom. The number of rotatable bonds is 7. The molecule has 3 aliphatic carbocycles. The van der Waals surface area contributed by atoms with Gasteiger partial charge >= 0.3 is 0 Å². The van der Waals surface area contributed by atoms with Crippen molar-refractivity contribution >= 4 is 17.1 Å². The van der Waals surface area contributed by atoms with E-state index in [-0.39, 0.29) is 10.8 Å². The van der Waals surface area contributed by atoms with Crippen LogP contribution in [0.25, 0.3) is 55.6 Å². The van der Waals surface area contributed by atoms with Crippen LogP contribution in [0.15, 0.2) is 237 Å².